The van der Waals surface area contributed by atoms with E-state index in [2.05, 4.69) is 13.2 Å². The summed E-state index contributed by atoms with van der Waals surface area (Å²) in [5.41, 5.74) is 0.984. The number of hydrogen-bond acceptors (Lipinski definition) is 1. The molecule has 0 bridgehead atoms. The quantitative estimate of drug-likeness (QED) is 0.345. The van der Waals surface area contributed by atoms with Crippen LogP contribution >= 0.6 is 0 Å². The Morgan fingerprint density at radius 1 is 1.33 bits per heavy atom. The lowest BCUT2D eigenvalue weighted by atomic mass is 10.0. The van der Waals surface area contributed by atoms with Gasteiger partial charge in [0.15, 0.2) is 0 Å². The van der Waals surface area contributed by atoms with Crippen molar-refractivity contribution < 1.29 is 4.79 Å². The van der Waals surface area contributed by atoms with Crippen LogP contribution in [0, 0.1) is 5.92 Å². The number of aldehydes is 1. The molecule has 0 aromatic carbocycles. The third kappa shape index (κ3) is 3.71. The van der Waals surface area contributed by atoms with E-state index < -0.39 is 0 Å². The van der Waals surface area contributed by atoms with Gasteiger partial charge in [-0.15, -0.1) is 6.58 Å². The lowest BCUT2D eigenvalue weighted by molar-refractivity contribution is -0.109. The Morgan fingerprint density at radius 3 is 2.42 bits per heavy atom. The van der Waals surface area contributed by atoms with Gasteiger partial charge < -0.3 is 4.79 Å². The van der Waals surface area contributed by atoms with Crippen molar-refractivity contribution in [2.45, 2.75) is 6.92 Å². The highest BCUT2D eigenvalue weighted by Crippen LogP contribution is 2.08. The van der Waals surface area contributed by atoms with Gasteiger partial charge in [-0.25, -0.2) is 0 Å². The molecule has 0 rings (SSSR count). The Bertz CT molecular complexity index is 213. The first-order valence-corrected chi connectivity index (χ1v) is 3.80. The van der Waals surface area contributed by atoms with Gasteiger partial charge in [-0.2, -0.15) is 0 Å². The van der Waals surface area contributed by atoms with Crippen LogP contribution in [0.2, 0.25) is 0 Å². The van der Waals surface area contributed by atoms with Crippen molar-refractivity contribution in [3.63, 3.8) is 0 Å². The maximum absolute atomic E-state index is 10.5. The van der Waals surface area contributed by atoms with E-state index in [4.69, 9.17) is 0 Å². The van der Waals surface area contributed by atoms with Crippen molar-refractivity contribution in [1.29, 1.82) is 0 Å². The summed E-state index contributed by atoms with van der Waals surface area (Å²) in [5, 5.41) is 0. The molecule has 0 fully saturated rings. The number of allylic oxidation sites excluding steroid dienone is 6. The highest BCUT2D eigenvalue weighted by Gasteiger charge is 2.01. The summed E-state index contributed by atoms with van der Waals surface area (Å²) in [6.45, 7) is 9.00. The molecule has 0 saturated carbocycles. The summed E-state index contributed by atoms with van der Waals surface area (Å²) in [7, 11) is 0. The molecule has 0 aliphatic heterocycles. The van der Waals surface area contributed by atoms with Gasteiger partial charge in [-0.05, 0) is 6.92 Å². The monoisotopic (exact) mass is 162 g/mol. The minimum absolute atomic E-state index is 0.167. The number of carbonyl (C=O) groups excluding carboxylic acids is 1. The molecule has 1 unspecified atom stereocenters. The summed E-state index contributed by atoms with van der Waals surface area (Å²) in [5.74, 6) is -0.167. The highest BCUT2D eigenvalue weighted by molar-refractivity contribution is 5.61. The van der Waals surface area contributed by atoms with E-state index >= 15 is 0 Å². The van der Waals surface area contributed by atoms with Crippen molar-refractivity contribution in [2.24, 2.45) is 5.92 Å². The average Bonchev–Trinajstić information content (AvgIpc) is 2.07. The Morgan fingerprint density at radius 2 is 2.00 bits per heavy atom. The largest absolute Gasteiger partial charge is 0.302 e. The number of rotatable bonds is 5. The first-order valence-electron chi connectivity index (χ1n) is 3.80. The van der Waals surface area contributed by atoms with Gasteiger partial charge in [0.25, 0.3) is 0 Å². The van der Waals surface area contributed by atoms with Gasteiger partial charge in [-0.1, -0.05) is 42.5 Å². The Hall–Kier alpha value is -1.37. The Labute approximate surface area is 73.8 Å². The van der Waals surface area contributed by atoms with Crippen LogP contribution in [0.4, 0.5) is 0 Å². The minimum atomic E-state index is -0.167. The zero-order valence-electron chi connectivity index (χ0n) is 7.36. The lowest BCUT2D eigenvalue weighted by Crippen LogP contribution is -1.97. The molecule has 0 aromatic heterocycles. The zero-order chi connectivity index (χ0) is 9.40. The molecular weight excluding hydrogens is 148 g/mol. The summed E-state index contributed by atoms with van der Waals surface area (Å²) in [6.07, 6.45) is 9.73. The van der Waals surface area contributed by atoms with Crippen molar-refractivity contribution in [3.05, 3.63) is 49.1 Å². The van der Waals surface area contributed by atoms with Gasteiger partial charge >= 0.3 is 0 Å². The highest BCUT2D eigenvalue weighted by atomic mass is 16.1. The number of carbonyl (C=O) groups is 1. The van der Waals surface area contributed by atoms with Crippen LogP contribution in [0.1, 0.15) is 6.92 Å². The molecule has 0 aliphatic rings. The van der Waals surface area contributed by atoms with E-state index in [0.29, 0.717) is 0 Å². The van der Waals surface area contributed by atoms with Crippen LogP contribution in [-0.2, 0) is 4.79 Å². The molecule has 0 heterocycles. The standard InChI is InChI=1S/C11H14O/c1-4-6-7-8-10(3)11(5-2)9-12/h4-9,11H,1-2H2,3H3/b7-6-,10-8+. The maximum Gasteiger partial charge on any atom is 0.130 e. The molecule has 0 spiro atoms. The lowest BCUT2D eigenvalue weighted by Gasteiger charge is -2.01. The molecule has 64 valence electrons. The SMILES string of the molecule is C=C/C=C\C=C(/C)C(C=C)C=O. The molecule has 0 saturated heterocycles. The fourth-order valence-corrected chi connectivity index (χ4v) is 0.746. The molecule has 1 heteroatoms. The Kier molecular flexibility index (Phi) is 5.62. The summed E-state index contributed by atoms with van der Waals surface area (Å²) >= 11 is 0. The van der Waals surface area contributed by atoms with Gasteiger partial charge in [-0.3, -0.25) is 0 Å². The summed E-state index contributed by atoms with van der Waals surface area (Å²) in [4.78, 5) is 10.5. The van der Waals surface area contributed by atoms with E-state index in [-0.39, 0.29) is 5.92 Å². The Balaban J connectivity index is 4.32. The molecule has 1 nitrogen and oxygen atoms in total. The molecule has 0 aromatic rings. The van der Waals surface area contributed by atoms with Crippen LogP contribution in [0.3, 0.4) is 0 Å². The molecule has 0 N–H and O–H groups in total. The summed E-state index contributed by atoms with van der Waals surface area (Å²) in [6, 6.07) is 0. The average molecular weight is 162 g/mol. The maximum atomic E-state index is 10.5. The first kappa shape index (κ1) is 10.6. The number of hydrogen-bond donors (Lipinski definition) is 0. The van der Waals surface area contributed by atoms with Crippen LogP contribution in [0.15, 0.2) is 49.1 Å². The second-order valence-corrected chi connectivity index (χ2v) is 2.43. The van der Waals surface area contributed by atoms with E-state index in [1.807, 2.05) is 25.2 Å². The topological polar surface area (TPSA) is 17.1 Å². The molecule has 0 radical (unpaired) electrons. The first-order chi connectivity index (χ1) is 5.76. The minimum Gasteiger partial charge on any atom is -0.302 e. The second kappa shape index (κ2) is 6.35. The van der Waals surface area contributed by atoms with Gasteiger partial charge in [0.2, 0.25) is 0 Å². The van der Waals surface area contributed by atoms with Crippen LogP contribution < -0.4 is 0 Å². The van der Waals surface area contributed by atoms with Crippen LogP contribution in [-0.4, -0.2) is 6.29 Å². The predicted molar refractivity (Wildman–Crippen MR) is 52.8 cm³/mol. The van der Waals surface area contributed by atoms with Crippen molar-refractivity contribution in [1.82, 2.24) is 0 Å². The second-order valence-electron chi connectivity index (χ2n) is 2.43. The fourth-order valence-electron chi connectivity index (χ4n) is 0.746. The third-order valence-electron chi connectivity index (χ3n) is 1.53. The van der Waals surface area contributed by atoms with Crippen molar-refractivity contribution in [2.75, 3.05) is 0 Å². The molecule has 1 atom stereocenters. The van der Waals surface area contributed by atoms with Gasteiger partial charge in [0.1, 0.15) is 6.29 Å². The van der Waals surface area contributed by atoms with Crippen LogP contribution in [0.25, 0.3) is 0 Å². The van der Waals surface area contributed by atoms with E-state index in [1.165, 1.54) is 0 Å². The van der Waals surface area contributed by atoms with E-state index in [9.17, 15) is 4.79 Å². The van der Waals surface area contributed by atoms with E-state index in [0.717, 1.165) is 11.9 Å². The van der Waals surface area contributed by atoms with Crippen molar-refractivity contribution >= 4 is 6.29 Å². The normalized spacial score (nSPS) is 14.2. The van der Waals surface area contributed by atoms with Crippen LogP contribution in [0.5, 0.6) is 0 Å². The molecular formula is C11H14O. The third-order valence-corrected chi connectivity index (χ3v) is 1.53. The van der Waals surface area contributed by atoms with Crippen molar-refractivity contribution in [3.8, 4) is 0 Å². The van der Waals surface area contributed by atoms with Gasteiger partial charge in [0, 0.05) is 0 Å². The molecule has 12 heavy (non-hydrogen) atoms. The molecule has 0 aliphatic carbocycles. The zero-order valence-corrected chi connectivity index (χ0v) is 7.36. The summed E-state index contributed by atoms with van der Waals surface area (Å²) < 4.78 is 0. The predicted octanol–water partition coefficient (Wildman–Crippen LogP) is 2.68. The van der Waals surface area contributed by atoms with Gasteiger partial charge in [0.05, 0.1) is 5.92 Å². The van der Waals surface area contributed by atoms with E-state index in [1.54, 1.807) is 12.2 Å². The molecule has 0 amide bonds. The smallest absolute Gasteiger partial charge is 0.130 e. The fraction of sp³-hybridized carbons (Fsp3) is 0.182.